The van der Waals surface area contributed by atoms with E-state index in [1.54, 1.807) is 6.20 Å². The van der Waals surface area contributed by atoms with Gasteiger partial charge in [-0.05, 0) is 38.4 Å². The van der Waals surface area contributed by atoms with Crippen LogP contribution < -0.4 is 10.2 Å². The maximum Gasteiger partial charge on any atom is 0.0822 e. The maximum absolute atomic E-state index is 6.16. The lowest BCUT2D eigenvalue weighted by atomic mass is 9.97. The third-order valence-corrected chi connectivity index (χ3v) is 3.39. The number of hydrogen-bond acceptors (Lipinski definition) is 3. The van der Waals surface area contributed by atoms with Gasteiger partial charge in [-0.2, -0.15) is 0 Å². The zero-order valence-corrected chi connectivity index (χ0v) is 10.4. The van der Waals surface area contributed by atoms with Crippen molar-refractivity contribution in [1.29, 1.82) is 0 Å². The van der Waals surface area contributed by atoms with Crippen LogP contribution in [0.2, 0.25) is 5.02 Å². The van der Waals surface area contributed by atoms with Gasteiger partial charge in [-0.3, -0.25) is 4.98 Å². The zero-order chi connectivity index (χ0) is 11.4. The minimum atomic E-state index is 0.725. The molecule has 1 saturated heterocycles. The van der Waals surface area contributed by atoms with Crippen LogP contribution in [-0.4, -0.2) is 31.7 Å². The predicted octanol–water partition coefficient (Wildman–Crippen LogP) is 2.17. The fourth-order valence-electron chi connectivity index (χ4n) is 2.36. The highest BCUT2D eigenvalue weighted by molar-refractivity contribution is 6.33. The van der Waals surface area contributed by atoms with Gasteiger partial charge in [0.15, 0.2) is 0 Å². The molecule has 1 N–H and O–H groups in total. The molecule has 3 nitrogen and oxygen atoms in total. The second-order valence-electron chi connectivity index (χ2n) is 4.34. The third-order valence-electron chi connectivity index (χ3n) is 3.10. The van der Waals surface area contributed by atoms with Gasteiger partial charge in [-0.15, -0.1) is 0 Å². The Labute approximate surface area is 102 Å². The predicted molar refractivity (Wildman–Crippen MR) is 68.1 cm³/mol. The number of rotatable bonds is 3. The molecule has 1 atom stereocenters. The lowest BCUT2D eigenvalue weighted by molar-refractivity contribution is 0.403. The van der Waals surface area contributed by atoms with Crippen LogP contribution in [0.5, 0.6) is 0 Å². The van der Waals surface area contributed by atoms with E-state index >= 15 is 0 Å². The van der Waals surface area contributed by atoms with Crippen molar-refractivity contribution in [3.8, 4) is 0 Å². The maximum atomic E-state index is 6.16. The van der Waals surface area contributed by atoms with Gasteiger partial charge in [-0.1, -0.05) is 11.6 Å². The number of nitrogens with zero attached hydrogens (tertiary/aromatic N) is 2. The van der Waals surface area contributed by atoms with Crippen molar-refractivity contribution >= 4 is 17.3 Å². The molecule has 1 aromatic heterocycles. The Kier molecular flexibility index (Phi) is 4.02. The Morgan fingerprint density at radius 2 is 2.50 bits per heavy atom. The Morgan fingerprint density at radius 3 is 3.25 bits per heavy atom. The van der Waals surface area contributed by atoms with Crippen LogP contribution in [0, 0.1) is 5.92 Å². The van der Waals surface area contributed by atoms with Gasteiger partial charge < -0.3 is 10.2 Å². The highest BCUT2D eigenvalue weighted by Gasteiger charge is 2.20. The van der Waals surface area contributed by atoms with Crippen LogP contribution >= 0.6 is 11.6 Å². The van der Waals surface area contributed by atoms with E-state index in [1.807, 2.05) is 19.3 Å². The molecular weight excluding hydrogens is 222 g/mol. The van der Waals surface area contributed by atoms with E-state index in [2.05, 4.69) is 15.2 Å². The van der Waals surface area contributed by atoms with Crippen molar-refractivity contribution in [3.05, 3.63) is 23.5 Å². The minimum Gasteiger partial charge on any atom is -0.370 e. The molecule has 1 fully saturated rings. The van der Waals surface area contributed by atoms with E-state index in [9.17, 15) is 0 Å². The third kappa shape index (κ3) is 2.66. The Balaban J connectivity index is 2.07. The van der Waals surface area contributed by atoms with Crippen molar-refractivity contribution < 1.29 is 0 Å². The SMILES string of the molecule is CNCC1CCCN(c2ccncc2Cl)C1. The smallest absolute Gasteiger partial charge is 0.0822 e. The summed E-state index contributed by atoms with van der Waals surface area (Å²) in [5.74, 6) is 0.725. The normalized spacial score (nSPS) is 21.1. The summed E-state index contributed by atoms with van der Waals surface area (Å²) in [6, 6.07) is 2.00. The molecule has 1 aliphatic rings. The molecule has 2 rings (SSSR count). The molecule has 0 aliphatic carbocycles. The molecule has 0 saturated carbocycles. The summed E-state index contributed by atoms with van der Waals surface area (Å²) in [7, 11) is 2.01. The summed E-state index contributed by atoms with van der Waals surface area (Å²) in [4.78, 5) is 6.39. The van der Waals surface area contributed by atoms with E-state index in [0.29, 0.717) is 0 Å². The standard InChI is InChI=1S/C12H18ClN3/c1-14-7-10-3-2-6-16(9-10)12-4-5-15-8-11(12)13/h4-5,8,10,14H,2-3,6-7,9H2,1H3. The molecule has 0 amide bonds. The van der Waals surface area contributed by atoms with Crippen LogP contribution in [-0.2, 0) is 0 Å². The topological polar surface area (TPSA) is 28.2 Å². The van der Waals surface area contributed by atoms with E-state index in [-0.39, 0.29) is 0 Å². The quantitative estimate of drug-likeness (QED) is 0.877. The number of aromatic nitrogens is 1. The summed E-state index contributed by atoms with van der Waals surface area (Å²) in [5, 5.41) is 4.01. The van der Waals surface area contributed by atoms with E-state index in [1.165, 1.54) is 12.8 Å². The highest BCUT2D eigenvalue weighted by atomic mass is 35.5. The minimum absolute atomic E-state index is 0.725. The first-order chi connectivity index (χ1) is 7.81. The van der Waals surface area contributed by atoms with Gasteiger partial charge in [0.25, 0.3) is 0 Å². The second kappa shape index (κ2) is 5.51. The largest absolute Gasteiger partial charge is 0.370 e. The Morgan fingerprint density at radius 1 is 1.62 bits per heavy atom. The summed E-state index contributed by atoms with van der Waals surface area (Å²) < 4.78 is 0. The molecule has 1 unspecified atom stereocenters. The average Bonchev–Trinajstić information content (AvgIpc) is 2.30. The lowest BCUT2D eigenvalue weighted by Gasteiger charge is -2.34. The monoisotopic (exact) mass is 239 g/mol. The van der Waals surface area contributed by atoms with Crippen molar-refractivity contribution in [1.82, 2.24) is 10.3 Å². The highest BCUT2D eigenvalue weighted by Crippen LogP contribution is 2.28. The molecule has 2 heterocycles. The molecule has 0 spiro atoms. The number of nitrogens with one attached hydrogen (secondary N) is 1. The van der Waals surface area contributed by atoms with Gasteiger partial charge in [0.2, 0.25) is 0 Å². The lowest BCUT2D eigenvalue weighted by Crippen LogP contribution is -2.39. The van der Waals surface area contributed by atoms with Crippen molar-refractivity contribution in [2.24, 2.45) is 5.92 Å². The molecule has 1 aliphatic heterocycles. The Hall–Kier alpha value is -0.800. The summed E-state index contributed by atoms with van der Waals surface area (Å²) in [5.41, 5.74) is 1.12. The number of halogens is 1. The summed E-state index contributed by atoms with van der Waals surface area (Å²) >= 11 is 6.16. The zero-order valence-electron chi connectivity index (χ0n) is 9.62. The molecule has 0 bridgehead atoms. The van der Waals surface area contributed by atoms with Crippen molar-refractivity contribution in [2.75, 3.05) is 31.6 Å². The molecule has 1 aromatic rings. The summed E-state index contributed by atoms with van der Waals surface area (Å²) in [6.45, 7) is 3.27. The molecular formula is C12H18ClN3. The molecule has 16 heavy (non-hydrogen) atoms. The van der Waals surface area contributed by atoms with Gasteiger partial charge in [0.1, 0.15) is 0 Å². The number of anilines is 1. The number of pyridine rings is 1. The fourth-order valence-corrected chi connectivity index (χ4v) is 2.60. The summed E-state index contributed by atoms with van der Waals surface area (Å²) in [6.07, 6.45) is 6.08. The van der Waals surface area contributed by atoms with Crippen LogP contribution in [0.1, 0.15) is 12.8 Å². The fraction of sp³-hybridized carbons (Fsp3) is 0.583. The number of piperidine rings is 1. The van der Waals surface area contributed by atoms with Crippen LogP contribution in [0.15, 0.2) is 18.5 Å². The molecule has 88 valence electrons. The average molecular weight is 240 g/mol. The van der Waals surface area contributed by atoms with E-state index < -0.39 is 0 Å². The second-order valence-corrected chi connectivity index (χ2v) is 4.75. The van der Waals surface area contributed by atoms with Gasteiger partial charge in [0.05, 0.1) is 10.7 Å². The molecule has 4 heteroatoms. The Bertz CT molecular complexity index is 341. The first-order valence-corrected chi connectivity index (χ1v) is 6.18. The van der Waals surface area contributed by atoms with Crippen LogP contribution in [0.4, 0.5) is 5.69 Å². The van der Waals surface area contributed by atoms with Gasteiger partial charge >= 0.3 is 0 Å². The first-order valence-electron chi connectivity index (χ1n) is 5.80. The molecule has 0 radical (unpaired) electrons. The van der Waals surface area contributed by atoms with Crippen molar-refractivity contribution in [2.45, 2.75) is 12.8 Å². The first kappa shape index (κ1) is 11.7. The van der Waals surface area contributed by atoms with Crippen molar-refractivity contribution in [3.63, 3.8) is 0 Å². The van der Waals surface area contributed by atoms with E-state index in [4.69, 9.17) is 11.6 Å². The number of hydrogen-bond donors (Lipinski definition) is 1. The van der Waals surface area contributed by atoms with Gasteiger partial charge in [-0.25, -0.2) is 0 Å². The van der Waals surface area contributed by atoms with Crippen LogP contribution in [0.25, 0.3) is 0 Å². The van der Waals surface area contributed by atoms with Gasteiger partial charge in [0, 0.05) is 25.5 Å². The van der Waals surface area contributed by atoms with Crippen LogP contribution in [0.3, 0.4) is 0 Å². The van der Waals surface area contributed by atoms with E-state index in [0.717, 1.165) is 36.3 Å². The molecule has 0 aromatic carbocycles.